The number of amides is 1. The van der Waals surface area contributed by atoms with Crippen molar-refractivity contribution in [2.24, 2.45) is 0 Å². The monoisotopic (exact) mass is 378 g/mol. The number of anilines is 1. The van der Waals surface area contributed by atoms with Crippen molar-refractivity contribution in [2.45, 2.75) is 63.8 Å². The van der Waals surface area contributed by atoms with Crippen LogP contribution in [-0.4, -0.2) is 39.9 Å². The van der Waals surface area contributed by atoms with Crippen LogP contribution >= 0.6 is 0 Å². The van der Waals surface area contributed by atoms with E-state index >= 15 is 0 Å². The summed E-state index contributed by atoms with van der Waals surface area (Å²) < 4.78 is 0. The van der Waals surface area contributed by atoms with Gasteiger partial charge in [-0.05, 0) is 44.4 Å². The molecule has 28 heavy (non-hydrogen) atoms. The largest absolute Gasteiger partial charge is 0.326 e. The van der Waals surface area contributed by atoms with Crippen LogP contribution in [0, 0.1) is 0 Å². The fraction of sp³-hybridized carbons (Fsp3) is 0.522. The van der Waals surface area contributed by atoms with Crippen molar-refractivity contribution in [3.05, 3.63) is 42.4 Å². The molecular weight excluding hydrogens is 348 g/mol. The molecule has 1 aromatic carbocycles. The highest BCUT2D eigenvalue weighted by Crippen LogP contribution is 2.35. The van der Waals surface area contributed by atoms with Gasteiger partial charge in [0.2, 0.25) is 5.91 Å². The van der Waals surface area contributed by atoms with Crippen LogP contribution in [0.3, 0.4) is 0 Å². The molecule has 1 saturated carbocycles. The number of piperidine rings is 1. The van der Waals surface area contributed by atoms with Gasteiger partial charge in [-0.15, -0.1) is 0 Å². The van der Waals surface area contributed by atoms with Crippen molar-refractivity contribution in [2.75, 3.05) is 18.4 Å². The molecule has 1 aromatic heterocycles. The summed E-state index contributed by atoms with van der Waals surface area (Å²) in [6, 6.07) is 8.68. The Morgan fingerprint density at radius 2 is 1.89 bits per heavy atom. The van der Waals surface area contributed by atoms with Crippen LogP contribution in [0.25, 0.3) is 11.3 Å². The maximum Gasteiger partial charge on any atom is 0.221 e. The van der Waals surface area contributed by atoms with Gasteiger partial charge >= 0.3 is 0 Å². The second kappa shape index (κ2) is 8.82. The number of carbonyl (C=O) groups is 1. The lowest BCUT2D eigenvalue weighted by Crippen LogP contribution is -2.43. The Labute approximate surface area is 167 Å². The summed E-state index contributed by atoms with van der Waals surface area (Å²) in [5.41, 5.74) is 3.87. The quantitative estimate of drug-likeness (QED) is 0.844. The van der Waals surface area contributed by atoms with Crippen LogP contribution in [0.1, 0.15) is 63.5 Å². The second-order valence-corrected chi connectivity index (χ2v) is 8.18. The van der Waals surface area contributed by atoms with Crippen LogP contribution in [-0.2, 0) is 4.79 Å². The number of carbonyl (C=O) groups excluding carboxylic acids is 1. The summed E-state index contributed by atoms with van der Waals surface area (Å²) >= 11 is 0. The molecule has 0 bridgehead atoms. The van der Waals surface area contributed by atoms with Gasteiger partial charge < -0.3 is 5.32 Å². The van der Waals surface area contributed by atoms with Crippen molar-refractivity contribution in [1.82, 2.24) is 14.9 Å². The molecule has 2 aromatic rings. The van der Waals surface area contributed by atoms with Crippen LogP contribution in [0.2, 0.25) is 0 Å². The number of nitrogens with one attached hydrogen (secondary N) is 1. The molecule has 1 saturated heterocycles. The van der Waals surface area contributed by atoms with Gasteiger partial charge in [0.25, 0.3) is 0 Å². The number of hydrogen-bond donors (Lipinski definition) is 1. The van der Waals surface area contributed by atoms with Gasteiger partial charge in [0.05, 0.1) is 11.4 Å². The first kappa shape index (κ1) is 19.1. The minimum atomic E-state index is -0.0630. The maximum absolute atomic E-state index is 11.4. The van der Waals surface area contributed by atoms with E-state index in [1.54, 1.807) is 6.20 Å². The SMILES string of the molecule is CC(=O)Nc1cccc(-c2nccnc2C2CCCN(C3CCCCC3)C2)c1. The Hall–Kier alpha value is -2.27. The lowest BCUT2D eigenvalue weighted by molar-refractivity contribution is -0.114. The first-order valence-corrected chi connectivity index (χ1v) is 10.6. The highest BCUT2D eigenvalue weighted by Gasteiger charge is 2.30. The molecule has 5 heteroatoms. The molecule has 5 nitrogen and oxygen atoms in total. The van der Waals surface area contributed by atoms with Gasteiger partial charge in [0.15, 0.2) is 0 Å². The summed E-state index contributed by atoms with van der Waals surface area (Å²) in [5, 5.41) is 2.87. The Morgan fingerprint density at radius 1 is 1.07 bits per heavy atom. The molecule has 2 aliphatic rings. The second-order valence-electron chi connectivity index (χ2n) is 8.18. The summed E-state index contributed by atoms with van der Waals surface area (Å²) in [4.78, 5) is 23.6. The van der Waals surface area contributed by atoms with E-state index in [1.807, 2.05) is 24.4 Å². The van der Waals surface area contributed by atoms with Crippen LogP contribution in [0.5, 0.6) is 0 Å². The Bertz CT molecular complexity index is 816. The lowest BCUT2D eigenvalue weighted by Gasteiger charge is -2.40. The number of nitrogens with zero attached hydrogens (tertiary/aromatic N) is 3. The lowest BCUT2D eigenvalue weighted by atomic mass is 9.87. The minimum Gasteiger partial charge on any atom is -0.326 e. The summed E-state index contributed by atoms with van der Waals surface area (Å²) in [7, 11) is 0. The molecule has 0 spiro atoms. The Morgan fingerprint density at radius 3 is 2.71 bits per heavy atom. The molecule has 148 valence electrons. The van der Waals surface area contributed by atoms with Crippen LogP contribution in [0.4, 0.5) is 5.69 Å². The van der Waals surface area contributed by atoms with Crippen molar-refractivity contribution >= 4 is 11.6 Å². The minimum absolute atomic E-state index is 0.0630. The van der Waals surface area contributed by atoms with E-state index in [4.69, 9.17) is 4.98 Å². The van der Waals surface area contributed by atoms with Crippen LogP contribution in [0.15, 0.2) is 36.7 Å². The van der Waals surface area contributed by atoms with E-state index in [2.05, 4.69) is 21.3 Å². The van der Waals surface area contributed by atoms with Gasteiger partial charge in [0, 0.05) is 49.1 Å². The molecule has 2 fully saturated rings. The smallest absolute Gasteiger partial charge is 0.221 e. The first-order chi connectivity index (χ1) is 13.7. The average Bonchev–Trinajstić information content (AvgIpc) is 2.74. The fourth-order valence-electron chi connectivity index (χ4n) is 4.82. The topological polar surface area (TPSA) is 58.1 Å². The highest BCUT2D eigenvalue weighted by atomic mass is 16.1. The predicted octanol–water partition coefficient (Wildman–Crippen LogP) is 4.61. The van der Waals surface area contributed by atoms with Crippen molar-refractivity contribution < 1.29 is 4.79 Å². The molecule has 0 radical (unpaired) electrons. The third-order valence-electron chi connectivity index (χ3n) is 6.11. The predicted molar refractivity (Wildman–Crippen MR) is 112 cm³/mol. The van der Waals surface area contributed by atoms with Gasteiger partial charge in [-0.3, -0.25) is 19.7 Å². The number of hydrogen-bond acceptors (Lipinski definition) is 4. The fourth-order valence-corrected chi connectivity index (χ4v) is 4.82. The maximum atomic E-state index is 11.4. The zero-order valence-corrected chi connectivity index (χ0v) is 16.7. The zero-order chi connectivity index (χ0) is 19.3. The number of likely N-dealkylation sites (tertiary alicyclic amines) is 1. The third-order valence-corrected chi connectivity index (χ3v) is 6.11. The molecule has 2 heterocycles. The first-order valence-electron chi connectivity index (χ1n) is 10.6. The highest BCUT2D eigenvalue weighted by molar-refractivity contribution is 5.89. The van der Waals surface area contributed by atoms with E-state index in [-0.39, 0.29) is 5.91 Å². The number of rotatable bonds is 4. The molecule has 1 aliphatic carbocycles. The molecule has 4 rings (SSSR count). The van der Waals surface area contributed by atoms with E-state index in [9.17, 15) is 4.79 Å². The molecule has 1 atom stereocenters. The van der Waals surface area contributed by atoms with Crippen molar-refractivity contribution in [3.8, 4) is 11.3 Å². The van der Waals surface area contributed by atoms with E-state index in [0.717, 1.165) is 35.2 Å². The Kier molecular flexibility index (Phi) is 6.01. The van der Waals surface area contributed by atoms with Gasteiger partial charge in [-0.25, -0.2) is 0 Å². The normalized spacial score (nSPS) is 21.4. The number of aromatic nitrogens is 2. The molecule has 1 unspecified atom stereocenters. The molecule has 1 aliphatic heterocycles. The molecule has 1 amide bonds. The van der Waals surface area contributed by atoms with Gasteiger partial charge in [-0.2, -0.15) is 0 Å². The van der Waals surface area contributed by atoms with E-state index in [0.29, 0.717) is 5.92 Å². The molecular formula is C23H30N4O. The van der Waals surface area contributed by atoms with Crippen molar-refractivity contribution in [3.63, 3.8) is 0 Å². The van der Waals surface area contributed by atoms with E-state index in [1.165, 1.54) is 58.4 Å². The Balaban J connectivity index is 1.58. The van der Waals surface area contributed by atoms with Crippen molar-refractivity contribution in [1.29, 1.82) is 0 Å². The standard InChI is InChI=1S/C23H30N4O/c1-17(28)26-20-9-5-7-18(15-20)22-23(25-13-12-24-22)19-8-6-14-27(16-19)21-10-3-2-4-11-21/h5,7,9,12-13,15,19,21H,2-4,6,8,10-11,14,16H2,1H3,(H,26,28). The summed E-state index contributed by atoms with van der Waals surface area (Å²) in [5.74, 6) is 0.357. The average molecular weight is 379 g/mol. The summed E-state index contributed by atoms with van der Waals surface area (Å²) in [6.07, 6.45) is 12.8. The number of benzene rings is 1. The summed E-state index contributed by atoms with van der Waals surface area (Å²) in [6.45, 7) is 3.83. The zero-order valence-electron chi connectivity index (χ0n) is 16.7. The van der Waals surface area contributed by atoms with Gasteiger partial charge in [0.1, 0.15) is 0 Å². The van der Waals surface area contributed by atoms with Crippen LogP contribution < -0.4 is 5.32 Å². The third kappa shape index (κ3) is 4.41. The molecule has 1 N–H and O–H groups in total. The van der Waals surface area contributed by atoms with Gasteiger partial charge in [-0.1, -0.05) is 31.4 Å². The van der Waals surface area contributed by atoms with E-state index < -0.39 is 0 Å².